The summed E-state index contributed by atoms with van der Waals surface area (Å²) in [5, 5.41) is 15.6. The quantitative estimate of drug-likeness (QED) is 0.205. The summed E-state index contributed by atoms with van der Waals surface area (Å²) in [7, 11) is 0. The van der Waals surface area contributed by atoms with Crippen molar-refractivity contribution < 1.29 is 19.1 Å². The molecule has 0 atom stereocenters. The van der Waals surface area contributed by atoms with Crippen molar-refractivity contribution in [3.63, 3.8) is 0 Å². The second kappa shape index (κ2) is 11.0. The maximum absolute atomic E-state index is 12.9. The van der Waals surface area contributed by atoms with Gasteiger partial charge in [-0.25, -0.2) is 4.79 Å². The molecule has 4 aromatic rings. The lowest BCUT2D eigenvalue weighted by Gasteiger charge is -2.13. The van der Waals surface area contributed by atoms with E-state index in [1.54, 1.807) is 32.1 Å². The predicted octanol–water partition coefficient (Wildman–Crippen LogP) is 5.51. The van der Waals surface area contributed by atoms with Gasteiger partial charge in [-0.1, -0.05) is 30.0 Å². The number of hydrogen-bond donors (Lipinski definition) is 2. The molecule has 3 heterocycles. The number of fused-ring (bicyclic) bond motifs is 1. The molecule has 9 nitrogen and oxygen atoms in total. The molecule has 0 saturated heterocycles. The van der Waals surface area contributed by atoms with E-state index in [4.69, 9.17) is 10.5 Å². The molecule has 4 rings (SSSR count). The number of benzene rings is 1. The number of hydrogen-bond acceptors (Lipinski definition) is 9. The third kappa shape index (κ3) is 5.55. The summed E-state index contributed by atoms with van der Waals surface area (Å²) in [5.41, 5.74) is 7.00. The molecule has 0 aliphatic rings. The van der Waals surface area contributed by atoms with Gasteiger partial charge < -0.3 is 15.8 Å². The molecule has 3 N–H and O–H groups in total. The molecule has 12 heteroatoms. The minimum absolute atomic E-state index is 0.0246. The van der Waals surface area contributed by atoms with Gasteiger partial charge in [0.15, 0.2) is 11.0 Å². The predicted molar refractivity (Wildman–Crippen MR) is 149 cm³/mol. The lowest BCUT2D eigenvalue weighted by Crippen LogP contribution is -2.18. The highest BCUT2D eigenvalue weighted by molar-refractivity contribution is 7.99. The molecule has 1 aromatic carbocycles. The minimum atomic E-state index is -0.672. The number of amides is 2. The molecule has 3 aromatic heterocycles. The summed E-state index contributed by atoms with van der Waals surface area (Å²) in [6, 6.07) is 8.19. The topological polar surface area (TPSA) is 129 Å². The Hall–Kier alpha value is -3.22. The normalized spacial score (nSPS) is 11.4. The number of nitrogens with zero attached hydrogens (tertiary/aromatic N) is 3. The molecule has 2 amide bonds. The average Bonchev–Trinajstić information content (AvgIpc) is 3.52. The first-order valence-corrected chi connectivity index (χ1v) is 14.2. The van der Waals surface area contributed by atoms with Crippen molar-refractivity contribution in [2.24, 2.45) is 5.73 Å². The molecule has 0 saturated carbocycles. The lowest BCUT2D eigenvalue weighted by atomic mass is 10.1. The Bertz CT molecular complexity index is 1480. The largest absolute Gasteiger partial charge is 0.459 e. The van der Waals surface area contributed by atoms with Gasteiger partial charge in [-0.2, -0.15) is 0 Å². The maximum Gasteiger partial charge on any atom is 0.341 e. The number of carbonyl (C=O) groups excluding carboxylic acids is 3. The van der Waals surface area contributed by atoms with Crippen LogP contribution in [0.2, 0.25) is 0 Å². The van der Waals surface area contributed by atoms with E-state index in [9.17, 15) is 14.4 Å². The second-order valence-corrected chi connectivity index (χ2v) is 11.7. The molecule has 0 aliphatic carbocycles. The number of thioether (sulfide) groups is 1. The van der Waals surface area contributed by atoms with Gasteiger partial charge in [0, 0.05) is 27.1 Å². The Labute approximate surface area is 226 Å². The number of primary amides is 1. The maximum atomic E-state index is 12.9. The van der Waals surface area contributed by atoms with E-state index >= 15 is 0 Å². The van der Waals surface area contributed by atoms with Gasteiger partial charge in [-0.05, 0) is 46.2 Å². The Kier molecular flexibility index (Phi) is 8.00. The highest BCUT2D eigenvalue weighted by atomic mass is 32.2. The molecular weight excluding hydrogens is 531 g/mol. The zero-order valence-corrected chi connectivity index (χ0v) is 23.5. The van der Waals surface area contributed by atoms with Crippen molar-refractivity contribution >= 4 is 67.3 Å². The number of aromatic nitrogens is 3. The van der Waals surface area contributed by atoms with Crippen LogP contribution in [-0.4, -0.2) is 44.4 Å². The SMILES string of the molecule is Cc1c(C(N)=O)sc(NC(=O)CSc2nnc(-c3csc4ccccc34)n2C(C)C)c1C(=O)OC(C)C. The van der Waals surface area contributed by atoms with Crippen LogP contribution in [0, 0.1) is 6.92 Å². The average molecular weight is 558 g/mol. The van der Waals surface area contributed by atoms with E-state index in [1.165, 1.54) is 11.8 Å². The summed E-state index contributed by atoms with van der Waals surface area (Å²) in [6.07, 6.45) is -0.361. The first kappa shape index (κ1) is 26.8. The van der Waals surface area contributed by atoms with Gasteiger partial charge in [0.05, 0.1) is 22.3 Å². The molecular formula is C25H27N5O4S3. The van der Waals surface area contributed by atoms with Crippen molar-refractivity contribution in [2.75, 3.05) is 11.1 Å². The fourth-order valence-electron chi connectivity index (χ4n) is 3.82. The fourth-order valence-corrected chi connectivity index (χ4v) is 6.69. The molecule has 37 heavy (non-hydrogen) atoms. The van der Waals surface area contributed by atoms with Crippen LogP contribution in [-0.2, 0) is 9.53 Å². The zero-order chi connectivity index (χ0) is 26.9. The standard InChI is InChI=1S/C25H27N5O4S3/c1-12(2)30-22(16-10-35-17-9-7-6-8-15(16)17)28-29-25(30)36-11-18(31)27-23-19(24(33)34-13(3)4)14(5)20(37-23)21(26)32/h6-10,12-13H,11H2,1-5H3,(H2,26,32)(H,27,31). The van der Waals surface area contributed by atoms with E-state index in [0.29, 0.717) is 10.7 Å². The van der Waals surface area contributed by atoms with E-state index in [1.807, 2.05) is 30.5 Å². The number of anilines is 1. The van der Waals surface area contributed by atoms with Gasteiger partial charge in [-0.15, -0.1) is 32.9 Å². The number of thiophene rings is 2. The summed E-state index contributed by atoms with van der Waals surface area (Å²) < 4.78 is 8.49. The van der Waals surface area contributed by atoms with Crippen LogP contribution < -0.4 is 11.1 Å². The summed E-state index contributed by atoms with van der Waals surface area (Å²) in [4.78, 5) is 37.6. The van der Waals surface area contributed by atoms with Gasteiger partial charge in [0.1, 0.15) is 5.00 Å². The number of esters is 1. The number of nitrogens with one attached hydrogen (secondary N) is 1. The molecule has 0 spiro atoms. The van der Waals surface area contributed by atoms with Gasteiger partial charge in [0.2, 0.25) is 5.91 Å². The zero-order valence-electron chi connectivity index (χ0n) is 21.0. The Morgan fingerprint density at radius 3 is 2.57 bits per heavy atom. The summed E-state index contributed by atoms with van der Waals surface area (Å²) >= 11 is 3.86. The van der Waals surface area contributed by atoms with Crippen LogP contribution in [0.15, 0.2) is 34.8 Å². The van der Waals surface area contributed by atoms with Crippen molar-refractivity contribution in [3.8, 4) is 11.4 Å². The first-order valence-electron chi connectivity index (χ1n) is 11.6. The third-order valence-electron chi connectivity index (χ3n) is 5.41. The highest BCUT2D eigenvalue weighted by Crippen LogP contribution is 2.37. The summed E-state index contributed by atoms with van der Waals surface area (Å²) in [5.74, 6) is -0.881. The molecule has 194 valence electrons. The van der Waals surface area contributed by atoms with Crippen LogP contribution in [0.1, 0.15) is 59.3 Å². The third-order valence-corrected chi connectivity index (χ3v) is 8.53. The smallest absolute Gasteiger partial charge is 0.341 e. The van der Waals surface area contributed by atoms with Gasteiger partial charge in [-0.3, -0.25) is 14.2 Å². The Morgan fingerprint density at radius 2 is 1.89 bits per heavy atom. The van der Waals surface area contributed by atoms with Gasteiger partial charge in [0.25, 0.3) is 5.91 Å². The van der Waals surface area contributed by atoms with Gasteiger partial charge >= 0.3 is 5.97 Å². The highest BCUT2D eigenvalue weighted by Gasteiger charge is 2.27. The van der Waals surface area contributed by atoms with Crippen molar-refractivity contribution in [3.05, 3.63) is 45.6 Å². The first-order chi connectivity index (χ1) is 17.6. The Balaban J connectivity index is 1.56. The number of nitrogens with two attached hydrogens (primary N) is 1. The van der Waals surface area contributed by atoms with Crippen LogP contribution in [0.3, 0.4) is 0 Å². The lowest BCUT2D eigenvalue weighted by molar-refractivity contribution is -0.113. The molecule has 0 bridgehead atoms. The molecule has 0 unspecified atom stereocenters. The van der Waals surface area contributed by atoms with E-state index in [2.05, 4.69) is 33.0 Å². The Morgan fingerprint density at radius 1 is 1.16 bits per heavy atom. The minimum Gasteiger partial charge on any atom is -0.459 e. The molecule has 0 aliphatic heterocycles. The number of rotatable bonds is 9. The number of carbonyl (C=O) groups is 3. The van der Waals surface area contributed by atoms with Crippen molar-refractivity contribution in [2.45, 2.75) is 51.9 Å². The van der Waals surface area contributed by atoms with Crippen LogP contribution in [0.5, 0.6) is 0 Å². The fraction of sp³-hybridized carbons (Fsp3) is 0.320. The molecule has 0 radical (unpaired) electrons. The van der Waals surface area contributed by atoms with Crippen molar-refractivity contribution in [1.29, 1.82) is 0 Å². The van der Waals surface area contributed by atoms with E-state index in [0.717, 1.165) is 32.8 Å². The van der Waals surface area contributed by atoms with Crippen LogP contribution in [0.25, 0.3) is 21.5 Å². The van der Waals surface area contributed by atoms with Crippen molar-refractivity contribution in [1.82, 2.24) is 14.8 Å². The monoisotopic (exact) mass is 557 g/mol. The van der Waals surface area contributed by atoms with Crippen LogP contribution >= 0.6 is 34.4 Å². The van der Waals surface area contributed by atoms with E-state index < -0.39 is 11.9 Å². The number of ether oxygens (including phenoxy) is 1. The molecule has 0 fully saturated rings. The summed E-state index contributed by atoms with van der Waals surface area (Å²) in [6.45, 7) is 9.14. The van der Waals surface area contributed by atoms with E-state index in [-0.39, 0.29) is 39.2 Å². The second-order valence-electron chi connectivity index (χ2n) is 8.83. The van der Waals surface area contributed by atoms with Crippen LogP contribution in [0.4, 0.5) is 5.00 Å².